The van der Waals surface area contributed by atoms with Crippen LogP contribution in [-0.4, -0.2) is 37.2 Å². The summed E-state index contributed by atoms with van der Waals surface area (Å²) in [6.07, 6.45) is 33.7. The van der Waals surface area contributed by atoms with Crippen LogP contribution in [0.5, 0.6) is 0 Å². The van der Waals surface area contributed by atoms with E-state index in [1.807, 2.05) is 0 Å². The quantitative estimate of drug-likeness (QED) is 0.0361. The van der Waals surface area contributed by atoms with Crippen LogP contribution in [0.15, 0.2) is 0 Å². The molecule has 1 unspecified atom stereocenters. The second-order valence-corrected chi connectivity index (χ2v) is 15.7. The smallest absolute Gasteiger partial charge is 0.306 e. The second kappa shape index (κ2) is 37.2. The first-order valence-electron chi connectivity index (χ1n) is 21.8. The molecule has 0 spiro atoms. The van der Waals surface area contributed by atoms with E-state index in [0.717, 1.165) is 69.6 Å². The number of esters is 3. The number of carbonyl (C=O) groups excluding carboxylic acids is 3. The van der Waals surface area contributed by atoms with Gasteiger partial charge < -0.3 is 14.2 Å². The standard InChI is InChI=1S/C44H84O6/c1-6-8-9-10-11-12-13-20-26-31-36-44(47)50-41(38-49-43(46)35-30-25-21-16-17-22-27-32-39(3)4)37-48-42(45)34-29-24-19-15-14-18-23-28-33-40(5)7-2/h39-41H,6-38H2,1-5H3/t40?,41-/m1/s1. The molecule has 0 aliphatic carbocycles. The molecule has 0 fully saturated rings. The van der Waals surface area contributed by atoms with Gasteiger partial charge in [0.25, 0.3) is 0 Å². The maximum atomic E-state index is 12.6. The Morgan fingerprint density at radius 2 is 0.760 bits per heavy atom. The zero-order valence-electron chi connectivity index (χ0n) is 34.0. The molecule has 0 N–H and O–H groups in total. The molecule has 0 heterocycles. The van der Waals surface area contributed by atoms with Gasteiger partial charge in [-0.2, -0.15) is 0 Å². The molecule has 6 nitrogen and oxygen atoms in total. The largest absolute Gasteiger partial charge is 0.462 e. The lowest BCUT2D eigenvalue weighted by atomic mass is 9.99. The molecule has 0 aliphatic heterocycles. The fourth-order valence-corrected chi connectivity index (χ4v) is 6.37. The summed E-state index contributed by atoms with van der Waals surface area (Å²) < 4.78 is 16.7. The van der Waals surface area contributed by atoms with Crippen molar-refractivity contribution in [2.24, 2.45) is 11.8 Å². The highest BCUT2D eigenvalue weighted by atomic mass is 16.6. The minimum absolute atomic E-state index is 0.0661. The Morgan fingerprint density at radius 3 is 1.14 bits per heavy atom. The molecular weight excluding hydrogens is 624 g/mol. The van der Waals surface area contributed by atoms with Crippen LogP contribution in [0.3, 0.4) is 0 Å². The van der Waals surface area contributed by atoms with Gasteiger partial charge >= 0.3 is 17.9 Å². The van der Waals surface area contributed by atoms with Crippen LogP contribution >= 0.6 is 0 Å². The summed E-state index contributed by atoms with van der Waals surface area (Å²) in [5.41, 5.74) is 0. The Morgan fingerprint density at radius 1 is 0.420 bits per heavy atom. The predicted molar refractivity (Wildman–Crippen MR) is 210 cm³/mol. The Balaban J connectivity index is 4.35. The van der Waals surface area contributed by atoms with Crippen molar-refractivity contribution in [1.29, 1.82) is 0 Å². The monoisotopic (exact) mass is 709 g/mol. The molecular formula is C44H84O6. The highest BCUT2D eigenvalue weighted by Gasteiger charge is 2.19. The SMILES string of the molecule is CCCCCCCCCCCCC(=O)O[C@H](COC(=O)CCCCCCCCCCC(C)CC)COC(=O)CCCCCCCCCC(C)C. The van der Waals surface area contributed by atoms with E-state index in [1.165, 1.54) is 122 Å². The van der Waals surface area contributed by atoms with Gasteiger partial charge in [-0.05, 0) is 31.1 Å². The van der Waals surface area contributed by atoms with E-state index in [4.69, 9.17) is 14.2 Å². The van der Waals surface area contributed by atoms with Crippen LogP contribution < -0.4 is 0 Å². The van der Waals surface area contributed by atoms with Gasteiger partial charge in [-0.3, -0.25) is 14.4 Å². The first-order chi connectivity index (χ1) is 24.3. The number of ether oxygens (including phenoxy) is 3. The van der Waals surface area contributed by atoms with Crippen molar-refractivity contribution in [1.82, 2.24) is 0 Å². The van der Waals surface area contributed by atoms with E-state index in [9.17, 15) is 14.4 Å². The maximum Gasteiger partial charge on any atom is 0.306 e. The molecule has 0 aromatic heterocycles. The third kappa shape index (κ3) is 36.2. The average Bonchev–Trinajstić information content (AvgIpc) is 3.09. The highest BCUT2D eigenvalue weighted by Crippen LogP contribution is 2.17. The van der Waals surface area contributed by atoms with Crippen molar-refractivity contribution < 1.29 is 28.6 Å². The fourth-order valence-electron chi connectivity index (χ4n) is 6.37. The molecule has 0 aliphatic rings. The Hall–Kier alpha value is -1.59. The normalized spacial score (nSPS) is 12.6. The number of unbranched alkanes of at least 4 members (excludes halogenated alkanes) is 22. The van der Waals surface area contributed by atoms with E-state index in [1.54, 1.807) is 0 Å². The third-order valence-electron chi connectivity index (χ3n) is 10.1. The van der Waals surface area contributed by atoms with Gasteiger partial charge in [-0.1, -0.05) is 195 Å². The average molecular weight is 709 g/mol. The molecule has 0 rings (SSSR count). The highest BCUT2D eigenvalue weighted by molar-refractivity contribution is 5.71. The van der Waals surface area contributed by atoms with Gasteiger partial charge in [0.2, 0.25) is 0 Å². The Kier molecular flexibility index (Phi) is 36.0. The lowest BCUT2D eigenvalue weighted by molar-refractivity contribution is -0.167. The molecule has 0 bridgehead atoms. The molecule has 6 heteroatoms. The van der Waals surface area contributed by atoms with Gasteiger partial charge in [-0.25, -0.2) is 0 Å². The van der Waals surface area contributed by atoms with Gasteiger partial charge in [0.15, 0.2) is 6.10 Å². The Bertz CT molecular complexity index is 766. The predicted octanol–water partition coefficient (Wildman–Crippen LogP) is 13.4. The lowest BCUT2D eigenvalue weighted by Gasteiger charge is -2.18. The molecule has 0 saturated carbocycles. The lowest BCUT2D eigenvalue weighted by Crippen LogP contribution is -2.30. The summed E-state index contributed by atoms with van der Waals surface area (Å²) in [5.74, 6) is 0.764. The second-order valence-electron chi connectivity index (χ2n) is 15.7. The first-order valence-corrected chi connectivity index (χ1v) is 21.8. The summed E-state index contributed by atoms with van der Waals surface area (Å²) in [7, 11) is 0. The third-order valence-corrected chi connectivity index (χ3v) is 10.1. The topological polar surface area (TPSA) is 78.9 Å². The summed E-state index contributed by atoms with van der Waals surface area (Å²) in [6.45, 7) is 11.3. The van der Waals surface area contributed by atoms with Crippen LogP contribution in [0.4, 0.5) is 0 Å². The molecule has 0 aromatic carbocycles. The van der Waals surface area contributed by atoms with Crippen molar-refractivity contribution in [3.8, 4) is 0 Å². The molecule has 0 saturated heterocycles. The van der Waals surface area contributed by atoms with Gasteiger partial charge in [0, 0.05) is 19.3 Å². The van der Waals surface area contributed by atoms with E-state index < -0.39 is 6.10 Å². The van der Waals surface area contributed by atoms with Crippen LogP contribution in [0.2, 0.25) is 0 Å². The minimum Gasteiger partial charge on any atom is -0.462 e. The van der Waals surface area contributed by atoms with E-state index in [2.05, 4.69) is 34.6 Å². The molecule has 0 radical (unpaired) electrons. The van der Waals surface area contributed by atoms with Crippen molar-refractivity contribution in [3.05, 3.63) is 0 Å². The van der Waals surface area contributed by atoms with E-state index in [-0.39, 0.29) is 31.1 Å². The Labute approximate surface area is 310 Å². The fraction of sp³-hybridized carbons (Fsp3) is 0.932. The summed E-state index contributed by atoms with van der Waals surface area (Å²) >= 11 is 0. The summed E-state index contributed by atoms with van der Waals surface area (Å²) in [4.78, 5) is 37.6. The molecule has 296 valence electrons. The molecule has 0 aromatic rings. The van der Waals surface area contributed by atoms with E-state index in [0.29, 0.717) is 19.3 Å². The van der Waals surface area contributed by atoms with Crippen molar-refractivity contribution in [2.75, 3.05) is 13.2 Å². The van der Waals surface area contributed by atoms with Crippen molar-refractivity contribution >= 4 is 17.9 Å². The van der Waals surface area contributed by atoms with Crippen molar-refractivity contribution in [2.45, 2.75) is 240 Å². The number of hydrogen-bond acceptors (Lipinski definition) is 6. The maximum absolute atomic E-state index is 12.6. The number of rotatable bonds is 38. The minimum atomic E-state index is -0.760. The van der Waals surface area contributed by atoms with E-state index >= 15 is 0 Å². The molecule has 50 heavy (non-hydrogen) atoms. The van der Waals surface area contributed by atoms with Gasteiger partial charge in [0.1, 0.15) is 13.2 Å². The van der Waals surface area contributed by atoms with Crippen LogP contribution in [0.1, 0.15) is 234 Å². The van der Waals surface area contributed by atoms with Gasteiger partial charge in [-0.15, -0.1) is 0 Å². The van der Waals surface area contributed by atoms with Crippen LogP contribution in [-0.2, 0) is 28.6 Å². The van der Waals surface area contributed by atoms with Crippen LogP contribution in [0, 0.1) is 11.8 Å². The number of hydrogen-bond donors (Lipinski definition) is 0. The number of carbonyl (C=O) groups is 3. The zero-order chi connectivity index (χ0) is 36.9. The first kappa shape index (κ1) is 48.4. The summed E-state index contributed by atoms with van der Waals surface area (Å²) in [5, 5.41) is 0. The van der Waals surface area contributed by atoms with Gasteiger partial charge in [0.05, 0.1) is 0 Å². The van der Waals surface area contributed by atoms with Crippen molar-refractivity contribution in [3.63, 3.8) is 0 Å². The molecule has 2 atom stereocenters. The van der Waals surface area contributed by atoms with Crippen LogP contribution in [0.25, 0.3) is 0 Å². The molecule has 0 amide bonds. The zero-order valence-corrected chi connectivity index (χ0v) is 34.0. The summed E-state index contributed by atoms with van der Waals surface area (Å²) in [6, 6.07) is 0.